The Morgan fingerprint density at radius 3 is 2.52 bits per heavy atom. The minimum absolute atomic E-state index is 0.0245. The third-order valence-electron chi connectivity index (χ3n) is 14.1. The summed E-state index contributed by atoms with van der Waals surface area (Å²) >= 11 is 6.06. The van der Waals surface area contributed by atoms with E-state index >= 15 is 0 Å². The molecule has 60 heavy (non-hydrogen) atoms. The number of nitrogens with one attached hydrogen (secondary N) is 2. The number of nitrogens with zero attached hydrogens (tertiary/aromatic N) is 1. The van der Waals surface area contributed by atoms with Gasteiger partial charge >= 0.3 is 12.1 Å². The van der Waals surface area contributed by atoms with Gasteiger partial charge < -0.3 is 24.6 Å². The van der Waals surface area contributed by atoms with Gasteiger partial charge in [-0.2, -0.15) is 0 Å². The summed E-state index contributed by atoms with van der Waals surface area (Å²) in [4.78, 5) is 54.0. The molecule has 3 N–H and O–H groups in total. The topological polar surface area (TPSA) is 145 Å². The molecule has 320 valence electrons. The second kappa shape index (κ2) is 17.3. The number of amides is 1. The summed E-state index contributed by atoms with van der Waals surface area (Å²) in [6.45, 7) is 14.8. The molecular formula is C48H58ClN3O8. The van der Waals surface area contributed by atoms with E-state index in [9.17, 15) is 24.3 Å². The largest absolute Gasteiger partial charge is 0.509 e. The Hall–Kier alpha value is -4.71. The molecule has 0 radical (unpaired) electrons. The minimum atomic E-state index is -1.61. The van der Waals surface area contributed by atoms with E-state index in [1.807, 2.05) is 45.0 Å². The molecule has 1 aromatic heterocycles. The molecule has 1 amide bonds. The van der Waals surface area contributed by atoms with Crippen molar-refractivity contribution in [3.63, 3.8) is 0 Å². The first kappa shape index (κ1) is 43.4. The molecule has 4 aliphatic carbocycles. The van der Waals surface area contributed by atoms with E-state index in [1.54, 1.807) is 35.8 Å². The van der Waals surface area contributed by atoms with E-state index in [4.69, 9.17) is 25.8 Å². The first-order valence-electron chi connectivity index (χ1n) is 21.3. The summed E-state index contributed by atoms with van der Waals surface area (Å²) < 4.78 is 18.7. The average Bonchev–Trinajstić information content (AvgIpc) is 3.64. The lowest BCUT2D eigenvalue weighted by Crippen LogP contribution is -2.63. The van der Waals surface area contributed by atoms with Crippen LogP contribution in [0, 0.1) is 42.4 Å². The van der Waals surface area contributed by atoms with Crippen molar-refractivity contribution in [3.8, 4) is 0 Å². The van der Waals surface area contributed by atoms with Crippen molar-refractivity contribution in [3.05, 3.63) is 106 Å². The zero-order valence-corrected chi connectivity index (χ0v) is 36.2. The number of fused-ring (bicyclic) bond motifs is 6. The first-order valence-corrected chi connectivity index (χ1v) is 21.7. The van der Waals surface area contributed by atoms with Gasteiger partial charge in [-0.3, -0.25) is 19.5 Å². The monoisotopic (exact) mass is 839 g/mol. The fourth-order valence-electron chi connectivity index (χ4n) is 11.2. The van der Waals surface area contributed by atoms with Crippen molar-refractivity contribution in [2.24, 2.45) is 28.6 Å². The van der Waals surface area contributed by atoms with Gasteiger partial charge in [-0.05, 0) is 132 Å². The molecule has 12 heteroatoms. The number of aromatic nitrogens is 1. The van der Waals surface area contributed by atoms with Crippen LogP contribution in [0.15, 0.2) is 78.4 Å². The highest BCUT2D eigenvalue weighted by molar-refractivity contribution is 6.30. The standard InChI is InChI=1S/C48H58ClN3O8/c1-7-58-45(57)60-48(21-19-38-35-16-13-33-24-30(3)18-20-46(33,5)42(35)40(53)27-47(38,48)6)44(56)59-28-50-22-8-9-23-51-41(54)26-36-31(4)52(39-17-10-29(2)25-37(36)39)43(55)32-11-14-34(49)15-12-32/h10-12,14-15,17-18,20,24-25,35,38,40,42,50,53H,3,7-9,13,16,19,21-23,26-28H2,1-2,4-6H3,(H,51,54)/t35-,38?,40-,42?,46-,47-,48?/m1/s1. The average molecular weight is 840 g/mol. The maximum Gasteiger partial charge on any atom is 0.509 e. The number of unbranched alkanes of at least 4 members (excludes halogenated alkanes) is 1. The number of esters is 1. The van der Waals surface area contributed by atoms with Crippen LogP contribution >= 0.6 is 11.6 Å². The number of hydrogen-bond donors (Lipinski definition) is 3. The fourth-order valence-corrected chi connectivity index (χ4v) is 11.3. The highest BCUT2D eigenvalue weighted by Gasteiger charge is 2.71. The van der Waals surface area contributed by atoms with Crippen molar-refractivity contribution < 1.29 is 38.5 Å². The molecular weight excluding hydrogens is 782 g/mol. The molecule has 3 fully saturated rings. The molecule has 0 bridgehead atoms. The molecule has 3 aromatic rings. The first-order chi connectivity index (χ1) is 28.6. The normalized spacial score (nSPS) is 28.0. The van der Waals surface area contributed by atoms with Crippen molar-refractivity contribution in [2.75, 3.05) is 26.4 Å². The quantitative estimate of drug-likeness (QED) is 0.0880. The second-order valence-corrected chi connectivity index (χ2v) is 18.0. The number of carbonyl (C=O) groups excluding carboxylic acids is 4. The van der Waals surface area contributed by atoms with Gasteiger partial charge in [-0.25, -0.2) is 9.59 Å². The van der Waals surface area contributed by atoms with Gasteiger partial charge in [0.1, 0.15) is 6.73 Å². The number of halogens is 1. The Morgan fingerprint density at radius 2 is 1.77 bits per heavy atom. The van der Waals surface area contributed by atoms with Crippen molar-refractivity contribution >= 4 is 46.4 Å². The highest BCUT2D eigenvalue weighted by atomic mass is 35.5. The number of ether oxygens (including phenoxy) is 3. The number of aliphatic hydroxyl groups is 1. The maximum absolute atomic E-state index is 14.2. The third kappa shape index (κ3) is 7.84. The molecule has 2 aromatic carbocycles. The van der Waals surface area contributed by atoms with Crippen molar-refractivity contribution in [1.29, 1.82) is 0 Å². The Bertz CT molecular complexity index is 2240. The lowest BCUT2D eigenvalue weighted by Gasteiger charge is -2.59. The number of aliphatic hydroxyl groups excluding tert-OH is 1. The maximum atomic E-state index is 14.2. The summed E-state index contributed by atoms with van der Waals surface area (Å²) in [6, 6.07) is 12.7. The lowest BCUT2D eigenvalue weighted by molar-refractivity contribution is -0.201. The SMILES string of the molecule is C=C1C=C[C@]2(C)C(=C1)CC[C@H]1C2[C@H](O)C[C@]2(C)C1CCC2(OC(=O)OCC)C(=O)OCNCCCCNC(=O)Cc1c(C)n(C(=O)c2ccc(Cl)cc2)c2ccc(C)cc12. The van der Waals surface area contributed by atoms with E-state index in [2.05, 4.69) is 36.3 Å². The van der Waals surface area contributed by atoms with Gasteiger partial charge in [0.2, 0.25) is 11.5 Å². The number of allylic oxidation sites excluding steroid dienone is 5. The van der Waals surface area contributed by atoms with Crippen molar-refractivity contribution in [2.45, 2.75) is 97.7 Å². The zero-order valence-electron chi connectivity index (χ0n) is 35.4. The van der Waals surface area contributed by atoms with Crippen LogP contribution in [0.3, 0.4) is 0 Å². The predicted molar refractivity (Wildman–Crippen MR) is 230 cm³/mol. The van der Waals surface area contributed by atoms with Gasteiger partial charge in [0, 0.05) is 45.0 Å². The summed E-state index contributed by atoms with van der Waals surface area (Å²) in [6.07, 6.45) is 9.20. The minimum Gasteiger partial charge on any atom is -0.447 e. The number of aryl methyl sites for hydroxylation is 1. The van der Waals surface area contributed by atoms with Crippen LogP contribution in [0.5, 0.6) is 0 Å². The molecule has 7 atom stereocenters. The molecule has 1 heterocycles. The second-order valence-electron chi connectivity index (χ2n) is 17.6. The molecule has 11 nitrogen and oxygen atoms in total. The van der Waals surface area contributed by atoms with Crippen LogP contribution in [0.2, 0.25) is 5.02 Å². The summed E-state index contributed by atoms with van der Waals surface area (Å²) in [5.41, 5.74) is 3.26. The van der Waals surface area contributed by atoms with Crippen LogP contribution in [0.4, 0.5) is 4.79 Å². The van der Waals surface area contributed by atoms with Gasteiger partial charge in [0.05, 0.1) is 24.6 Å². The molecule has 3 unspecified atom stereocenters. The number of carbonyl (C=O) groups is 4. The van der Waals surface area contributed by atoms with Crippen LogP contribution in [0.25, 0.3) is 10.9 Å². The van der Waals surface area contributed by atoms with Crippen LogP contribution in [0.1, 0.15) is 92.9 Å². The summed E-state index contributed by atoms with van der Waals surface area (Å²) in [5.74, 6) is -0.858. The molecule has 4 aliphatic rings. The van der Waals surface area contributed by atoms with E-state index in [0.29, 0.717) is 48.6 Å². The van der Waals surface area contributed by atoms with Crippen LogP contribution < -0.4 is 10.6 Å². The van der Waals surface area contributed by atoms with Gasteiger partial charge in [-0.1, -0.05) is 67.5 Å². The third-order valence-corrected chi connectivity index (χ3v) is 14.3. The Balaban J connectivity index is 0.926. The predicted octanol–water partition coefficient (Wildman–Crippen LogP) is 8.31. The number of benzene rings is 2. The van der Waals surface area contributed by atoms with Crippen molar-refractivity contribution in [1.82, 2.24) is 15.2 Å². The van der Waals surface area contributed by atoms with E-state index in [-0.39, 0.29) is 67.6 Å². The van der Waals surface area contributed by atoms with Gasteiger partial charge in [0.25, 0.3) is 5.91 Å². The van der Waals surface area contributed by atoms with E-state index in [0.717, 1.165) is 40.4 Å². The lowest BCUT2D eigenvalue weighted by atomic mass is 9.46. The molecule has 3 saturated carbocycles. The Kier molecular flexibility index (Phi) is 12.5. The van der Waals surface area contributed by atoms with E-state index in [1.165, 1.54) is 5.57 Å². The number of rotatable bonds is 13. The summed E-state index contributed by atoms with van der Waals surface area (Å²) in [7, 11) is 0. The van der Waals surface area contributed by atoms with Crippen LogP contribution in [-0.2, 0) is 30.2 Å². The van der Waals surface area contributed by atoms with Gasteiger partial charge in [0.15, 0.2) is 0 Å². The molecule has 0 spiro atoms. The molecule has 7 rings (SSSR count). The smallest absolute Gasteiger partial charge is 0.447 e. The van der Waals surface area contributed by atoms with Gasteiger partial charge in [-0.15, -0.1) is 0 Å². The highest BCUT2D eigenvalue weighted by Crippen LogP contribution is 2.68. The Morgan fingerprint density at radius 1 is 1.02 bits per heavy atom. The number of hydrogen-bond acceptors (Lipinski definition) is 9. The Labute approximate surface area is 357 Å². The molecule has 0 saturated heterocycles. The summed E-state index contributed by atoms with van der Waals surface area (Å²) in [5, 5.41) is 19.5. The molecule has 0 aliphatic heterocycles. The van der Waals surface area contributed by atoms with Crippen LogP contribution in [-0.4, -0.2) is 71.7 Å². The van der Waals surface area contributed by atoms with E-state index < -0.39 is 29.2 Å². The fraction of sp³-hybridized carbons (Fsp3) is 0.500. The zero-order chi connectivity index (χ0) is 43.0.